The van der Waals surface area contributed by atoms with Crippen molar-refractivity contribution >= 4 is 0 Å². The molecule has 108 valence electrons. The van der Waals surface area contributed by atoms with Crippen molar-refractivity contribution in [2.24, 2.45) is 5.92 Å². The highest BCUT2D eigenvalue weighted by molar-refractivity contribution is 4.57. The molecular formula is C17H34O. The van der Waals surface area contributed by atoms with Crippen LogP contribution in [0.2, 0.25) is 0 Å². The summed E-state index contributed by atoms with van der Waals surface area (Å²) in [5, 5.41) is 9.81. The first-order chi connectivity index (χ1) is 8.16. The summed E-state index contributed by atoms with van der Waals surface area (Å²) in [6, 6.07) is 0. The van der Waals surface area contributed by atoms with Crippen LogP contribution < -0.4 is 0 Å². The van der Waals surface area contributed by atoms with Crippen LogP contribution in [0.4, 0.5) is 0 Å². The Labute approximate surface area is 116 Å². The first-order valence-corrected chi connectivity index (χ1v) is 7.84. The molecule has 0 amide bonds. The van der Waals surface area contributed by atoms with E-state index in [4.69, 9.17) is 0 Å². The number of hydrogen-bond acceptors (Lipinski definition) is 1. The van der Waals surface area contributed by atoms with Crippen LogP contribution in [0.1, 0.15) is 91.4 Å². The van der Waals surface area contributed by atoms with E-state index in [1.807, 2.05) is 0 Å². The minimum Gasteiger partial charge on any atom is -0.393 e. The molecule has 1 heteroatoms. The molecule has 0 aromatic heterocycles. The van der Waals surface area contributed by atoms with Crippen molar-refractivity contribution in [2.45, 2.75) is 97.5 Å². The molecule has 0 fully saturated rings. The van der Waals surface area contributed by atoms with E-state index >= 15 is 0 Å². The molecule has 0 aromatic rings. The Morgan fingerprint density at radius 1 is 0.722 bits per heavy atom. The van der Waals surface area contributed by atoms with Crippen LogP contribution in [-0.2, 0) is 0 Å². The third kappa shape index (κ3) is 16.0. The van der Waals surface area contributed by atoms with Crippen LogP contribution in [0.15, 0.2) is 0 Å². The van der Waals surface area contributed by atoms with Crippen LogP contribution in [0, 0.1) is 13.3 Å². The molecule has 0 aromatic carbocycles. The van der Waals surface area contributed by atoms with Gasteiger partial charge in [0, 0.05) is 7.43 Å². The maximum absolute atomic E-state index is 9.81. The molecule has 18 heavy (non-hydrogen) atoms. The van der Waals surface area contributed by atoms with Gasteiger partial charge in [-0.15, -0.1) is 0 Å². The Morgan fingerprint density at radius 3 is 1.67 bits per heavy atom. The molecule has 0 saturated carbocycles. The molecule has 0 bridgehead atoms. The predicted octanol–water partition coefficient (Wildman–Crippen LogP) is 5.40. The van der Waals surface area contributed by atoms with Gasteiger partial charge in [-0.1, -0.05) is 78.6 Å². The average molecular weight is 254 g/mol. The van der Waals surface area contributed by atoms with Crippen molar-refractivity contribution in [2.75, 3.05) is 0 Å². The zero-order valence-corrected chi connectivity index (χ0v) is 12.9. The van der Waals surface area contributed by atoms with E-state index in [-0.39, 0.29) is 13.5 Å². The minimum absolute atomic E-state index is 0. The SMILES string of the molecule is CCCCCCCC(O)CCCCCC(C)C.[C]. The second-order valence-electron chi connectivity index (χ2n) is 5.89. The standard InChI is InChI=1S/C16H34O.C/c1-4-5-6-7-10-13-16(17)14-11-8-9-12-15(2)3;/h15-17H,4-14H2,1-3H3;. The first-order valence-electron chi connectivity index (χ1n) is 7.84. The highest BCUT2D eigenvalue weighted by Gasteiger charge is 2.03. The van der Waals surface area contributed by atoms with Crippen molar-refractivity contribution in [1.29, 1.82) is 0 Å². The van der Waals surface area contributed by atoms with Crippen molar-refractivity contribution in [3.63, 3.8) is 0 Å². The van der Waals surface area contributed by atoms with Gasteiger partial charge in [0.2, 0.25) is 0 Å². The minimum atomic E-state index is -0.0318. The summed E-state index contributed by atoms with van der Waals surface area (Å²) in [6.07, 6.45) is 13.7. The summed E-state index contributed by atoms with van der Waals surface area (Å²) in [5.41, 5.74) is 0. The maximum Gasteiger partial charge on any atom is 0.0540 e. The molecule has 1 N–H and O–H groups in total. The molecule has 1 atom stereocenters. The van der Waals surface area contributed by atoms with Gasteiger partial charge in [-0.2, -0.15) is 0 Å². The number of unbranched alkanes of at least 4 members (excludes halogenated alkanes) is 6. The zero-order valence-electron chi connectivity index (χ0n) is 12.9. The molecule has 0 saturated heterocycles. The van der Waals surface area contributed by atoms with Gasteiger partial charge in [0.05, 0.1) is 6.10 Å². The smallest absolute Gasteiger partial charge is 0.0540 e. The lowest BCUT2D eigenvalue weighted by atomic mass is 10.0. The Hall–Kier alpha value is -0.0400. The third-order valence-electron chi connectivity index (χ3n) is 3.46. The summed E-state index contributed by atoms with van der Waals surface area (Å²) in [6.45, 7) is 6.81. The van der Waals surface area contributed by atoms with Crippen molar-refractivity contribution in [3.05, 3.63) is 7.43 Å². The van der Waals surface area contributed by atoms with Crippen LogP contribution >= 0.6 is 0 Å². The fourth-order valence-corrected chi connectivity index (χ4v) is 2.24. The van der Waals surface area contributed by atoms with E-state index in [0.29, 0.717) is 0 Å². The largest absolute Gasteiger partial charge is 0.393 e. The Balaban J connectivity index is 0. The fraction of sp³-hybridized carbons (Fsp3) is 0.941. The summed E-state index contributed by atoms with van der Waals surface area (Å²) in [4.78, 5) is 0. The Bertz CT molecular complexity index is 143. The lowest BCUT2D eigenvalue weighted by Gasteiger charge is -2.10. The van der Waals surface area contributed by atoms with Crippen LogP contribution in [0.25, 0.3) is 0 Å². The third-order valence-corrected chi connectivity index (χ3v) is 3.46. The summed E-state index contributed by atoms with van der Waals surface area (Å²) >= 11 is 0. The van der Waals surface area contributed by atoms with E-state index in [9.17, 15) is 5.11 Å². The van der Waals surface area contributed by atoms with Gasteiger partial charge in [-0.3, -0.25) is 0 Å². The van der Waals surface area contributed by atoms with Crippen molar-refractivity contribution in [3.8, 4) is 0 Å². The van der Waals surface area contributed by atoms with Crippen LogP contribution in [0.5, 0.6) is 0 Å². The second kappa shape index (κ2) is 15.0. The van der Waals surface area contributed by atoms with Gasteiger partial charge >= 0.3 is 0 Å². The molecule has 1 unspecified atom stereocenters. The Morgan fingerprint density at radius 2 is 1.17 bits per heavy atom. The van der Waals surface area contributed by atoms with Crippen molar-refractivity contribution < 1.29 is 5.11 Å². The predicted molar refractivity (Wildman–Crippen MR) is 80.5 cm³/mol. The van der Waals surface area contributed by atoms with E-state index in [1.54, 1.807) is 0 Å². The molecule has 0 heterocycles. The topological polar surface area (TPSA) is 20.2 Å². The van der Waals surface area contributed by atoms with E-state index in [0.717, 1.165) is 18.8 Å². The average Bonchev–Trinajstić information content (AvgIpc) is 2.28. The van der Waals surface area contributed by atoms with E-state index in [2.05, 4.69) is 20.8 Å². The van der Waals surface area contributed by atoms with Crippen LogP contribution in [-0.4, -0.2) is 11.2 Å². The molecule has 1 nitrogen and oxygen atoms in total. The molecule has 0 spiro atoms. The quantitative estimate of drug-likeness (QED) is 0.463. The van der Waals surface area contributed by atoms with E-state index < -0.39 is 0 Å². The van der Waals surface area contributed by atoms with Crippen LogP contribution in [0.3, 0.4) is 0 Å². The highest BCUT2D eigenvalue weighted by Crippen LogP contribution is 2.14. The number of aliphatic hydroxyl groups is 1. The van der Waals surface area contributed by atoms with E-state index in [1.165, 1.54) is 57.8 Å². The molecule has 0 rings (SSSR count). The van der Waals surface area contributed by atoms with Gasteiger partial charge in [-0.05, 0) is 18.8 Å². The number of rotatable bonds is 12. The first kappa shape index (κ1) is 20.3. The van der Waals surface area contributed by atoms with Gasteiger partial charge in [0.15, 0.2) is 0 Å². The summed E-state index contributed by atoms with van der Waals surface area (Å²) in [7, 11) is 0. The summed E-state index contributed by atoms with van der Waals surface area (Å²) in [5.74, 6) is 0.832. The molecule has 0 aliphatic heterocycles. The number of hydrogen-bond donors (Lipinski definition) is 1. The maximum atomic E-state index is 9.81. The Kier molecular flexibility index (Phi) is 16.9. The molecule has 4 radical (unpaired) electrons. The summed E-state index contributed by atoms with van der Waals surface area (Å²) < 4.78 is 0. The lowest BCUT2D eigenvalue weighted by molar-refractivity contribution is 0.147. The lowest BCUT2D eigenvalue weighted by Crippen LogP contribution is -2.06. The van der Waals surface area contributed by atoms with Gasteiger partial charge < -0.3 is 5.11 Å². The second-order valence-corrected chi connectivity index (χ2v) is 5.89. The zero-order chi connectivity index (χ0) is 12.9. The molecule has 0 aliphatic carbocycles. The molecular weight excluding hydrogens is 220 g/mol. The monoisotopic (exact) mass is 254 g/mol. The van der Waals surface area contributed by atoms with Gasteiger partial charge in [0.25, 0.3) is 0 Å². The number of aliphatic hydroxyl groups excluding tert-OH is 1. The normalized spacial score (nSPS) is 12.5. The fourth-order valence-electron chi connectivity index (χ4n) is 2.24. The highest BCUT2D eigenvalue weighted by atomic mass is 16.3. The van der Waals surface area contributed by atoms with Crippen molar-refractivity contribution in [1.82, 2.24) is 0 Å². The van der Waals surface area contributed by atoms with Gasteiger partial charge in [-0.25, -0.2) is 0 Å². The van der Waals surface area contributed by atoms with Gasteiger partial charge in [0.1, 0.15) is 0 Å². The molecule has 0 aliphatic rings.